The number of aryl methyl sites for hydroxylation is 4. The van der Waals surface area contributed by atoms with Crippen LogP contribution in [0.5, 0.6) is 0 Å². The number of para-hydroxylation sites is 4. The van der Waals surface area contributed by atoms with Gasteiger partial charge in [-0.1, -0.05) is 24.3 Å². The Balaban J connectivity index is 1.62. The van der Waals surface area contributed by atoms with E-state index in [1.807, 2.05) is 0 Å². The van der Waals surface area contributed by atoms with Gasteiger partial charge < -0.3 is 0 Å². The van der Waals surface area contributed by atoms with E-state index in [0.29, 0.717) is 0 Å². The maximum Gasteiger partial charge on any atom is 0.253 e. The van der Waals surface area contributed by atoms with Gasteiger partial charge in [-0.3, -0.25) is 0 Å². The van der Waals surface area contributed by atoms with E-state index in [-0.39, 0.29) is 0 Å². The maximum absolute atomic E-state index is 2.44. The summed E-state index contributed by atoms with van der Waals surface area (Å²) < 4.78 is 9.45. The Labute approximate surface area is 148 Å². The SMILES string of the molecule is Cc1n(CCCn2c(C)[n+](C)c3ccccc32)c2ccccc2[n+]1C. The van der Waals surface area contributed by atoms with Crippen LogP contribution in [0.3, 0.4) is 0 Å². The Bertz CT molecular complexity index is 983. The first kappa shape index (κ1) is 15.9. The molecule has 4 heteroatoms. The first-order valence-corrected chi connectivity index (χ1v) is 8.97. The van der Waals surface area contributed by atoms with E-state index in [4.69, 9.17) is 0 Å². The largest absolute Gasteiger partial charge is 0.253 e. The van der Waals surface area contributed by atoms with Crippen LogP contribution in [0.25, 0.3) is 22.1 Å². The minimum absolute atomic E-state index is 1.03. The van der Waals surface area contributed by atoms with Crippen molar-refractivity contribution in [3.63, 3.8) is 0 Å². The zero-order valence-electron chi connectivity index (χ0n) is 15.5. The van der Waals surface area contributed by atoms with E-state index in [1.54, 1.807) is 0 Å². The Morgan fingerprint density at radius 1 is 0.680 bits per heavy atom. The second-order valence-corrected chi connectivity index (χ2v) is 6.85. The van der Waals surface area contributed by atoms with Crippen LogP contribution < -0.4 is 9.13 Å². The summed E-state index contributed by atoms with van der Waals surface area (Å²) in [7, 11) is 4.30. The molecule has 0 saturated heterocycles. The van der Waals surface area contributed by atoms with Crippen LogP contribution in [0.4, 0.5) is 0 Å². The molecule has 4 nitrogen and oxygen atoms in total. The van der Waals surface area contributed by atoms with Crippen molar-refractivity contribution in [1.29, 1.82) is 0 Å². The average Bonchev–Trinajstić information content (AvgIpc) is 3.03. The van der Waals surface area contributed by atoms with E-state index >= 15 is 0 Å². The molecule has 0 fully saturated rings. The number of fused-ring (bicyclic) bond motifs is 2. The van der Waals surface area contributed by atoms with Crippen molar-refractivity contribution in [1.82, 2.24) is 9.13 Å². The molecule has 2 heterocycles. The third-order valence-electron chi connectivity index (χ3n) is 5.58. The van der Waals surface area contributed by atoms with E-state index in [2.05, 4.69) is 94.7 Å². The van der Waals surface area contributed by atoms with Crippen LogP contribution in [0.2, 0.25) is 0 Å². The lowest BCUT2D eigenvalue weighted by Gasteiger charge is -2.02. The highest BCUT2D eigenvalue weighted by Gasteiger charge is 2.21. The molecule has 0 saturated carbocycles. The molecule has 0 bridgehead atoms. The van der Waals surface area contributed by atoms with Crippen LogP contribution in [-0.4, -0.2) is 9.13 Å². The number of aromatic nitrogens is 4. The molecular weight excluding hydrogens is 308 g/mol. The monoisotopic (exact) mass is 334 g/mol. The molecule has 4 aromatic rings. The lowest BCUT2D eigenvalue weighted by Crippen LogP contribution is -2.31. The highest BCUT2D eigenvalue weighted by atomic mass is 15.2. The lowest BCUT2D eigenvalue weighted by molar-refractivity contribution is -0.652. The summed E-state index contributed by atoms with van der Waals surface area (Å²) in [6.07, 6.45) is 1.11. The van der Waals surface area contributed by atoms with Gasteiger partial charge in [-0.05, 0) is 24.3 Å². The minimum atomic E-state index is 1.03. The Kier molecular flexibility index (Phi) is 3.83. The fraction of sp³-hybridized carbons (Fsp3) is 0.333. The first-order valence-electron chi connectivity index (χ1n) is 8.97. The summed E-state index contributed by atoms with van der Waals surface area (Å²) in [5.41, 5.74) is 5.24. The number of benzene rings is 2. The summed E-state index contributed by atoms with van der Waals surface area (Å²) >= 11 is 0. The van der Waals surface area contributed by atoms with Gasteiger partial charge in [0.15, 0.2) is 22.1 Å². The molecule has 128 valence electrons. The van der Waals surface area contributed by atoms with Crippen molar-refractivity contribution in [3.05, 3.63) is 60.2 Å². The Hall–Kier alpha value is -2.62. The van der Waals surface area contributed by atoms with Gasteiger partial charge in [0.1, 0.15) is 0 Å². The Morgan fingerprint density at radius 2 is 1.08 bits per heavy atom. The number of imidazole rings is 2. The van der Waals surface area contributed by atoms with Gasteiger partial charge in [0, 0.05) is 20.3 Å². The Morgan fingerprint density at radius 3 is 1.52 bits per heavy atom. The quantitative estimate of drug-likeness (QED) is 0.511. The van der Waals surface area contributed by atoms with Gasteiger partial charge in [0.05, 0.1) is 27.2 Å². The van der Waals surface area contributed by atoms with E-state index in [1.165, 1.54) is 33.7 Å². The number of hydrogen-bond donors (Lipinski definition) is 0. The summed E-state index contributed by atoms with van der Waals surface area (Å²) in [5, 5.41) is 0. The summed E-state index contributed by atoms with van der Waals surface area (Å²) in [5.74, 6) is 2.61. The van der Waals surface area contributed by atoms with Crippen molar-refractivity contribution in [2.24, 2.45) is 14.1 Å². The molecule has 0 atom stereocenters. The topological polar surface area (TPSA) is 17.6 Å². The number of nitrogens with zero attached hydrogens (tertiary/aromatic N) is 4. The summed E-state index contributed by atoms with van der Waals surface area (Å²) in [4.78, 5) is 0. The number of rotatable bonds is 4. The van der Waals surface area contributed by atoms with E-state index in [0.717, 1.165) is 19.5 Å². The highest BCUT2D eigenvalue weighted by Crippen LogP contribution is 2.17. The molecule has 4 rings (SSSR count). The zero-order chi connectivity index (χ0) is 17.6. The predicted octanol–water partition coefficient (Wildman–Crippen LogP) is 2.95. The van der Waals surface area contributed by atoms with Gasteiger partial charge in [-0.2, -0.15) is 0 Å². The molecule has 2 aromatic carbocycles. The van der Waals surface area contributed by atoms with E-state index in [9.17, 15) is 0 Å². The van der Waals surface area contributed by atoms with Crippen LogP contribution in [0, 0.1) is 13.8 Å². The van der Waals surface area contributed by atoms with Crippen molar-refractivity contribution in [2.45, 2.75) is 33.4 Å². The van der Waals surface area contributed by atoms with Crippen LogP contribution in [0.15, 0.2) is 48.5 Å². The highest BCUT2D eigenvalue weighted by molar-refractivity contribution is 5.72. The predicted molar refractivity (Wildman–Crippen MR) is 100 cm³/mol. The van der Waals surface area contributed by atoms with Gasteiger partial charge in [-0.25, -0.2) is 18.3 Å². The molecule has 0 radical (unpaired) electrons. The lowest BCUT2D eigenvalue weighted by atomic mass is 10.3. The molecule has 0 spiro atoms. The molecule has 25 heavy (non-hydrogen) atoms. The summed E-state index contributed by atoms with van der Waals surface area (Å²) in [6, 6.07) is 17.3. The third kappa shape index (κ3) is 2.44. The second-order valence-electron chi connectivity index (χ2n) is 6.85. The van der Waals surface area contributed by atoms with Gasteiger partial charge in [-0.15, -0.1) is 0 Å². The smallest absolute Gasteiger partial charge is 0.230 e. The second kappa shape index (κ2) is 6.03. The standard InChI is InChI=1S/C21H26N4/c1-16-22(3)18-10-5-7-12-20(18)24(16)14-9-15-25-17(2)23(4)19-11-6-8-13-21(19)25/h5-8,10-13H,9,14-15H2,1-4H3/q+2. The normalized spacial score (nSPS) is 11.7. The molecule has 0 aliphatic carbocycles. The van der Waals surface area contributed by atoms with E-state index < -0.39 is 0 Å². The third-order valence-corrected chi connectivity index (χ3v) is 5.58. The molecule has 0 aliphatic rings. The van der Waals surface area contributed by atoms with Crippen molar-refractivity contribution in [2.75, 3.05) is 0 Å². The molecule has 0 N–H and O–H groups in total. The average molecular weight is 334 g/mol. The molecule has 0 unspecified atom stereocenters. The fourth-order valence-corrected chi connectivity index (χ4v) is 3.96. The van der Waals surface area contributed by atoms with Crippen LogP contribution >= 0.6 is 0 Å². The van der Waals surface area contributed by atoms with Crippen molar-refractivity contribution >= 4 is 22.1 Å². The molecule has 0 aliphatic heterocycles. The zero-order valence-corrected chi connectivity index (χ0v) is 15.5. The number of hydrogen-bond acceptors (Lipinski definition) is 0. The maximum atomic E-state index is 2.44. The van der Waals surface area contributed by atoms with Crippen molar-refractivity contribution < 1.29 is 9.13 Å². The fourth-order valence-electron chi connectivity index (χ4n) is 3.96. The van der Waals surface area contributed by atoms with Gasteiger partial charge in [0.2, 0.25) is 0 Å². The summed E-state index contributed by atoms with van der Waals surface area (Å²) in [6.45, 7) is 6.47. The minimum Gasteiger partial charge on any atom is -0.230 e. The van der Waals surface area contributed by atoms with Crippen molar-refractivity contribution in [3.8, 4) is 0 Å². The molecule has 2 aromatic heterocycles. The van der Waals surface area contributed by atoms with Crippen LogP contribution in [0.1, 0.15) is 18.1 Å². The van der Waals surface area contributed by atoms with Gasteiger partial charge in [0.25, 0.3) is 11.6 Å². The van der Waals surface area contributed by atoms with Crippen LogP contribution in [-0.2, 0) is 27.2 Å². The molecular formula is C21H26N4+2. The first-order chi connectivity index (χ1) is 12.1. The molecule has 0 amide bonds. The van der Waals surface area contributed by atoms with Gasteiger partial charge >= 0.3 is 0 Å².